The van der Waals surface area contributed by atoms with Gasteiger partial charge in [0, 0.05) is 45.4 Å². The van der Waals surface area contributed by atoms with Crippen LogP contribution in [0.2, 0.25) is 0 Å². The Morgan fingerprint density at radius 1 is 0.939 bits per heavy atom. The fourth-order valence-electron chi connectivity index (χ4n) is 3.33. The van der Waals surface area contributed by atoms with Crippen LogP contribution in [0.4, 0.5) is 5.69 Å². The van der Waals surface area contributed by atoms with E-state index in [0.717, 1.165) is 52.0 Å². The molecule has 1 heterocycles. The summed E-state index contributed by atoms with van der Waals surface area (Å²) in [6, 6.07) is 4.44. The number of hydrogen-bond acceptors (Lipinski definition) is 12. The zero-order valence-electron chi connectivity index (χ0n) is 18.2. The molecule has 0 aliphatic carbocycles. The smallest absolute Gasteiger partial charge is 0.303 e. The van der Waals surface area contributed by atoms with Gasteiger partial charge in [-0.2, -0.15) is 0 Å². The van der Waals surface area contributed by atoms with Crippen LogP contribution in [-0.2, 0) is 48.6 Å². The molecule has 0 amide bonds. The van der Waals surface area contributed by atoms with Gasteiger partial charge in [-0.05, 0) is 12.1 Å². The van der Waals surface area contributed by atoms with Gasteiger partial charge in [-0.25, -0.2) is 0 Å². The highest BCUT2D eigenvalue weighted by Crippen LogP contribution is 2.41. The number of aliphatic hydroxyl groups is 1. The minimum atomic E-state index is -2.54. The summed E-state index contributed by atoms with van der Waals surface area (Å²) in [5.41, 5.74) is -0.404. The summed E-state index contributed by atoms with van der Waals surface area (Å²) in [6.07, 6.45) is -6.19. The molecule has 13 nitrogen and oxygen atoms in total. The lowest BCUT2D eigenvalue weighted by atomic mass is 9.87. The van der Waals surface area contributed by atoms with Gasteiger partial charge in [0.1, 0.15) is 12.7 Å². The largest absolute Gasteiger partial charge is 0.463 e. The van der Waals surface area contributed by atoms with Gasteiger partial charge in [-0.15, -0.1) is 0 Å². The predicted octanol–water partition coefficient (Wildman–Crippen LogP) is 0.497. The van der Waals surface area contributed by atoms with E-state index in [2.05, 4.69) is 0 Å². The van der Waals surface area contributed by atoms with Crippen LogP contribution < -0.4 is 0 Å². The Kier molecular flexibility index (Phi) is 8.06. The van der Waals surface area contributed by atoms with Crippen molar-refractivity contribution in [2.24, 2.45) is 0 Å². The molecule has 0 aromatic heterocycles. The van der Waals surface area contributed by atoms with Crippen molar-refractivity contribution in [1.29, 1.82) is 0 Å². The molecule has 13 heteroatoms. The third-order valence-corrected chi connectivity index (χ3v) is 4.54. The molecule has 0 bridgehead atoms. The molecule has 5 atom stereocenters. The van der Waals surface area contributed by atoms with Crippen molar-refractivity contribution in [3.05, 3.63) is 39.9 Å². The molecule has 1 saturated heterocycles. The second kappa shape index (κ2) is 10.4. The van der Waals surface area contributed by atoms with Crippen LogP contribution in [0.3, 0.4) is 0 Å². The summed E-state index contributed by atoms with van der Waals surface area (Å²) in [5.74, 6) is -5.85. The van der Waals surface area contributed by atoms with E-state index in [-0.39, 0.29) is 11.3 Å². The van der Waals surface area contributed by atoms with E-state index in [4.69, 9.17) is 23.7 Å². The summed E-state index contributed by atoms with van der Waals surface area (Å²) in [6.45, 7) is 3.69. The second-order valence-electron chi connectivity index (χ2n) is 7.14. The molecular weight excluding hydrogens is 446 g/mol. The molecule has 180 valence electrons. The van der Waals surface area contributed by atoms with Crippen LogP contribution in [0.25, 0.3) is 0 Å². The van der Waals surface area contributed by atoms with Crippen LogP contribution in [-0.4, -0.2) is 64.9 Å². The number of carbonyl (C=O) groups is 4. The number of esters is 4. The first kappa shape index (κ1) is 25.7. The summed E-state index contributed by atoms with van der Waals surface area (Å²) >= 11 is 0. The fourth-order valence-corrected chi connectivity index (χ4v) is 3.33. The maximum Gasteiger partial charge on any atom is 0.303 e. The van der Waals surface area contributed by atoms with Crippen molar-refractivity contribution < 1.29 is 52.9 Å². The minimum absolute atomic E-state index is 0.106. The lowest BCUT2D eigenvalue weighted by Gasteiger charge is -2.48. The quantitative estimate of drug-likeness (QED) is 0.253. The lowest BCUT2D eigenvalue weighted by molar-refractivity contribution is -0.385. The molecule has 2 rings (SSSR count). The Labute approximate surface area is 187 Å². The van der Waals surface area contributed by atoms with Gasteiger partial charge in [0.25, 0.3) is 5.69 Å². The Morgan fingerprint density at radius 2 is 1.45 bits per heavy atom. The molecule has 0 unspecified atom stereocenters. The number of ether oxygens (including phenoxy) is 5. The molecule has 0 saturated carbocycles. The van der Waals surface area contributed by atoms with E-state index in [1.165, 1.54) is 0 Å². The van der Waals surface area contributed by atoms with Crippen molar-refractivity contribution in [3.8, 4) is 0 Å². The first-order valence-electron chi connectivity index (χ1n) is 9.65. The molecule has 1 N–H and O–H groups in total. The van der Waals surface area contributed by atoms with Crippen molar-refractivity contribution in [1.82, 2.24) is 0 Å². The number of carbonyl (C=O) groups excluding carboxylic acids is 4. The predicted molar refractivity (Wildman–Crippen MR) is 105 cm³/mol. The Bertz CT molecular complexity index is 929. The second-order valence-corrected chi connectivity index (χ2v) is 7.14. The molecular formula is C20H23NO12. The van der Waals surface area contributed by atoms with Crippen molar-refractivity contribution in [3.63, 3.8) is 0 Å². The van der Waals surface area contributed by atoms with Gasteiger partial charge in [-0.1, -0.05) is 0 Å². The monoisotopic (exact) mass is 469 g/mol. The van der Waals surface area contributed by atoms with Gasteiger partial charge in [0.15, 0.2) is 12.2 Å². The summed E-state index contributed by atoms with van der Waals surface area (Å²) in [5, 5.41) is 22.5. The zero-order valence-corrected chi connectivity index (χ0v) is 18.2. The number of hydrogen-bond donors (Lipinski definition) is 1. The number of nitrogens with zero attached hydrogens (tertiary/aromatic N) is 1. The van der Waals surface area contributed by atoms with Crippen molar-refractivity contribution in [2.45, 2.75) is 57.9 Å². The van der Waals surface area contributed by atoms with Gasteiger partial charge in [0.2, 0.25) is 11.9 Å². The van der Waals surface area contributed by atoms with Crippen LogP contribution >= 0.6 is 0 Å². The highest BCUT2D eigenvalue weighted by Gasteiger charge is 2.60. The number of rotatable bonds is 7. The summed E-state index contributed by atoms with van der Waals surface area (Å²) in [7, 11) is 0. The first-order chi connectivity index (χ1) is 15.3. The van der Waals surface area contributed by atoms with Gasteiger partial charge in [-0.3, -0.25) is 29.3 Å². The summed E-state index contributed by atoms with van der Waals surface area (Å²) < 4.78 is 26.3. The van der Waals surface area contributed by atoms with Crippen molar-refractivity contribution in [2.75, 3.05) is 6.61 Å². The van der Waals surface area contributed by atoms with Gasteiger partial charge < -0.3 is 28.8 Å². The van der Waals surface area contributed by atoms with Crippen LogP contribution in [0.1, 0.15) is 33.3 Å². The Hall–Kier alpha value is -3.58. The average Bonchev–Trinajstić information content (AvgIpc) is 2.70. The van der Waals surface area contributed by atoms with Crippen LogP contribution in [0, 0.1) is 10.1 Å². The third kappa shape index (κ3) is 6.23. The number of benzene rings is 1. The average molecular weight is 469 g/mol. The molecule has 1 fully saturated rings. The summed E-state index contributed by atoms with van der Waals surface area (Å²) in [4.78, 5) is 57.1. The Balaban J connectivity index is 2.64. The normalized spacial score (nSPS) is 26.6. The minimum Gasteiger partial charge on any atom is -0.463 e. The first-order valence-corrected chi connectivity index (χ1v) is 9.65. The third-order valence-electron chi connectivity index (χ3n) is 4.54. The lowest BCUT2D eigenvalue weighted by Crippen LogP contribution is -2.66. The maximum atomic E-state index is 11.8. The van der Waals surface area contributed by atoms with Gasteiger partial charge >= 0.3 is 23.9 Å². The van der Waals surface area contributed by atoms with Crippen molar-refractivity contribution >= 4 is 29.6 Å². The Morgan fingerprint density at radius 3 is 1.91 bits per heavy atom. The number of nitro groups is 1. The van der Waals surface area contributed by atoms with E-state index in [1.54, 1.807) is 0 Å². The van der Waals surface area contributed by atoms with E-state index in [0.29, 0.717) is 0 Å². The molecule has 0 radical (unpaired) electrons. The molecule has 0 spiro atoms. The van der Waals surface area contributed by atoms with E-state index in [1.807, 2.05) is 0 Å². The van der Waals surface area contributed by atoms with E-state index in [9.17, 15) is 34.4 Å². The molecule has 1 aliphatic heterocycles. The SMILES string of the molecule is CC(=O)OC[C@H]1O[C@@](O)(c2ccc([N+](=O)[O-])cc2)[C@H](OC(C)=O)[C@@H](OC(C)=O)[C@@H]1OC(C)=O. The van der Waals surface area contributed by atoms with Crippen LogP contribution in [0.5, 0.6) is 0 Å². The molecule has 33 heavy (non-hydrogen) atoms. The van der Waals surface area contributed by atoms with E-state index < -0.39 is 65.6 Å². The number of non-ortho nitro benzene ring substituents is 1. The zero-order chi connectivity index (χ0) is 24.9. The number of nitro benzene ring substituents is 1. The fraction of sp³-hybridized carbons (Fsp3) is 0.500. The van der Waals surface area contributed by atoms with Gasteiger partial charge in [0.05, 0.1) is 4.92 Å². The highest BCUT2D eigenvalue weighted by molar-refractivity contribution is 5.69. The van der Waals surface area contributed by atoms with Crippen LogP contribution in [0.15, 0.2) is 24.3 Å². The molecule has 1 aliphatic rings. The standard InChI is InChI=1S/C20H23NO12/c1-10(22)29-9-16-17(30-11(2)23)18(31-12(3)24)19(32-13(4)25)20(26,33-16)14-5-7-15(8-6-14)21(27)28/h5-8,16-19,26H,9H2,1-4H3/t16-,17-,18+,19-,20+/m1/s1. The molecule has 1 aromatic rings. The molecule has 1 aromatic carbocycles. The highest BCUT2D eigenvalue weighted by atomic mass is 16.7. The topological polar surface area (TPSA) is 178 Å². The maximum absolute atomic E-state index is 11.8. The van der Waals surface area contributed by atoms with E-state index >= 15 is 0 Å².